The molecule has 26 heavy (non-hydrogen) atoms. The lowest BCUT2D eigenvalue weighted by molar-refractivity contribution is 0.628. The normalized spacial score (nSPS) is 10.1. The second kappa shape index (κ2) is 8.49. The predicted octanol–water partition coefficient (Wildman–Crippen LogP) is 5.13. The van der Waals surface area contributed by atoms with Crippen molar-refractivity contribution >= 4 is 15.9 Å². The van der Waals surface area contributed by atoms with Crippen LogP contribution in [0.1, 0.15) is 0 Å². The maximum absolute atomic E-state index is 11.9. The number of nitrogens with zero attached hydrogens (tertiary/aromatic N) is 4. The Morgan fingerprint density at radius 1 is 0.846 bits per heavy atom. The van der Waals surface area contributed by atoms with Gasteiger partial charge in [-0.15, -0.1) is 0 Å². The van der Waals surface area contributed by atoms with E-state index in [1.165, 1.54) is 12.1 Å². The molecule has 0 aliphatic rings. The Labute approximate surface area is 159 Å². The molecular weight excluding hydrogens is 395 g/mol. The summed E-state index contributed by atoms with van der Waals surface area (Å²) in [5, 5.41) is 4.49. The van der Waals surface area contributed by atoms with Gasteiger partial charge in [0.15, 0.2) is 0 Å². The smallest absolute Gasteiger partial charge is 0.123 e. The van der Waals surface area contributed by atoms with Crippen LogP contribution >= 0.6 is 15.9 Å². The second-order valence-electron chi connectivity index (χ2n) is 5.39. The van der Waals surface area contributed by atoms with E-state index in [4.69, 9.17) is 0 Å². The minimum Gasteiger partial charge on any atom is -0.266 e. The minimum atomic E-state index is -0.178. The van der Waals surface area contributed by atoms with E-state index in [-0.39, 0.29) is 5.82 Å². The topological polar surface area (TPSA) is 43.6 Å². The van der Waals surface area contributed by atoms with Gasteiger partial charge in [-0.05, 0) is 58.4 Å². The fourth-order valence-corrected chi connectivity index (χ4v) is 2.66. The van der Waals surface area contributed by atoms with Crippen LogP contribution in [0.4, 0.5) is 4.39 Å². The standard InChI is InChI=1S/C14H11BrN4.C6H5F/c1-19-13(11-6-4-7-14(15)17-11)9-12(18-19)10-5-2-3-8-16-10;7-6-4-2-1-3-5-6/h2-9H,1H3;1-5H. The SMILES string of the molecule is Cn1nc(-c2ccccn2)cc1-c1cccc(Br)n1.Fc1ccccc1. The average molecular weight is 411 g/mol. The number of benzene rings is 1. The van der Waals surface area contributed by atoms with Gasteiger partial charge in [0, 0.05) is 13.2 Å². The molecule has 0 fully saturated rings. The zero-order valence-electron chi connectivity index (χ0n) is 14.1. The van der Waals surface area contributed by atoms with Crippen molar-refractivity contribution in [3.63, 3.8) is 0 Å². The van der Waals surface area contributed by atoms with E-state index >= 15 is 0 Å². The molecule has 0 aliphatic carbocycles. The summed E-state index contributed by atoms with van der Waals surface area (Å²) < 4.78 is 14.5. The first-order valence-corrected chi connectivity index (χ1v) is 8.72. The molecule has 6 heteroatoms. The van der Waals surface area contributed by atoms with Crippen LogP contribution in [0.2, 0.25) is 0 Å². The second-order valence-corrected chi connectivity index (χ2v) is 6.21. The minimum absolute atomic E-state index is 0.178. The molecule has 0 spiro atoms. The van der Waals surface area contributed by atoms with Gasteiger partial charge in [-0.25, -0.2) is 9.37 Å². The van der Waals surface area contributed by atoms with E-state index in [2.05, 4.69) is 31.0 Å². The van der Waals surface area contributed by atoms with Crippen LogP contribution in [-0.4, -0.2) is 19.7 Å². The van der Waals surface area contributed by atoms with E-state index in [9.17, 15) is 4.39 Å². The molecule has 0 atom stereocenters. The van der Waals surface area contributed by atoms with Crippen molar-refractivity contribution in [2.75, 3.05) is 0 Å². The molecule has 0 aliphatic heterocycles. The van der Waals surface area contributed by atoms with E-state index < -0.39 is 0 Å². The Hall–Kier alpha value is -2.86. The molecule has 3 aromatic heterocycles. The Balaban J connectivity index is 0.000000236. The molecule has 3 heterocycles. The fraction of sp³-hybridized carbons (Fsp3) is 0.0500. The lowest BCUT2D eigenvalue weighted by atomic mass is 10.2. The van der Waals surface area contributed by atoms with Gasteiger partial charge in [0.25, 0.3) is 0 Å². The van der Waals surface area contributed by atoms with Crippen molar-refractivity contribution in [1.29, 1.82) is 0 Å². The Bertz CT molecular complexity index is 972. The molecule has 4 rings (SSSR count). The lowest BCUT2D eigenvalue weighted by Crippen LogP contribution is -1.95. The van der Waals surface area contributed by atoms with Crippen molar-refractivity contribution in [2.45, 2.75) is 0 Å². The van der Waals surface area contributed by atoms with Gasteiger partial charge < -0.3 is 0 Å². The largest absolute Gasteiger partial charge is 0.266 e. The molecular formula is C20H16BrFN4. The number of pyridine rings is 2. The third-order valence-corrected chi connectivity index (χ3v) is 3.96. The van der Waals surface area contributed by atoms with E-state index in [1.54, 1.807) is 24.4 Å². The van der Waals surface area contributed by atoms with Crippen LogP contribution in [0.3, 0.4) is 0 Å². The lowest BCUT2D eigenvalue weighted by Gasteiger charge is -2.00. The summed E-state index contributed by atoms with van der Waals surface area (Å²) in [6, 6.07) is 21.5. The number of halogens is 2. The maximum atomic E-state index is 11.9. The van der Waals surface area contributed by atoms with Gasteiger partial charge in [0.1, 0.15) is 16.1 Å². The molecule has 4 nitrogen and oxygen atoms in total. The highest BCUT2D eigenvalue weighted by Gasteiger charge is 2.10. The van der Waals surface area contributed by atoms with Crippen LogP contribution in [0, 0.1) is 5.82 Å². The first kappa shape index (κ1) is 17.9. The first-order chi connectivity index (χ1) is 12.6. The third kappa shape index (κ3) is 4.61. The predicted molar refractivity (Wildman–Crippen MR) is 104 cm³/mol. The van der Waals surface area contributed by atoms with Crippen molar-refractivity contribution < 1.29 is 4.39 Å². The molecule has 0 saturated carbocycles. The van der Waals surface area contributed by atoms with Gasteiger partial charge in [0.05, 0.1) is 17.1 Å². The molecule has 0 amide bonds. The van der Waals surface area contributed by atoms with Crippen LogP contribution < -0.4 is 0 Å². The monoisotopic (exact) mass is 410 g/mol. The molecule has 130 valence electrons. The summed E-state index contributed by atoms with van der Waals surface area (Å²) in [7, 11) is 1.91. The first-order valence-electron chi connectivity index (χ1n) is 7.92. The summed E-state index contributed by atoms with van der Waals surface area (Å²) in [6.45, 7) is 0. The summed E-state index contributed by atoms with van der Waals surface area (Å²) in [5.41, 5.74) is 3.55. The number of hydrogen-bond acceptors (Lipinski definition) is 3. The van der Waals surface area contributed by atoms with E-state index in [0.717, 1.165) is 27.4 Å². The quantitative estimate of drug-likeness (QED) is 0.430. The average Bonchev–Trinajstić information content (AvgIpc) is 3.05. The van der Waals surface area contributed by atoms with Crippen LogP contribution in [0.25, 0.3) is 22.8 Å². The Kier molecular flexibility index (Phi) is 5.86. The molecule has 0 radical (unpaired) electrons. The molecule has 0 saturated heterocycles. The number of rotatable bonds is 2. The molecule has 4 aromatic rings. The highest BCUT2D eigenvalue weighted by Crippen LogP contribution is 2.24. The van der Waals surface area contributed by atoms with E-state index in [0.29, 0.717) is 0 Å². The van der Waals surface area contributed by atoms with E-state index in [1.807, 2.05) is 54.2 Å². The zero-order chi connectivity index (χ0) is 18.4. The summed E-state index contributed by atoms with van der Waals surface area (Å²) >= 11 is 3.38. The highest BCUT2D eigenvalue weighted by molar-refractivity contribution is 9.10. The summed E-state index contributed by atoms with van der Waals surface area (Å²) in [4.78, 5) is 8.76. The molecule has 0 bridgehead atoms. The fourth-order valence-electron chi connectivity index (χ4n) is 2.31. The van der Waals surface area contributed by atoms with Gasteiger partial charge in [-0.3, -0.25) is 9.67 Å². The Morgan fingerprint density at radius 2 is 1.58 bits per heavy atom. The zero-order valence-corrected chi connectivity index (χ0v) is 15.6. The van der Waals surface area contributed by atoms with Crippen LogP contribution in [0.5, 0.6) is 0 Å². The van der Waals surface area contributed by atoms with Crippen molar-refractivity contribution in [3.8, 4) is 22.8 Å². The van der Waals surface area contributed by atoms with Gasteiger partial charge in [-0.1, -0.05) is 30.3 Å². The number of aryl methyl sites for hydroxylation is 1. The highest BCUT2D eigenvalue weighted by atomic mass is 79.9. The molecule has 0 unspecified atom stereocenters. The summed E-state index contributed by atoms with van der Waals surface area (Å²) in [5.74, 6) is -0.178. The Morgan fingerprint density at radius 3 is 2.19 bits per heavy atom. The van der Waals surface area contributed by atoms with Gasteiger partial charge in [0.2, 0.25) is 0 Å². The van der Waals surface area contributed by atoms with Gasteiger partial charge >= 0.3 is 0 Å². The van der Waals surface area contributed by atoms with Crippen molar-refractivity contribution in [1.82, 2.24) is 19.7 Å². The van der Waals surface area contributed by atoms with Crippen molar-refractivity contribution in [3.05, 3.63) is 89.4 Å². The van der Waals surface area contributed by atoms with Crippen molar-refractivity contribution in [2.24, 2.45) is 7.05 Å². The van der Waals surface area contributed by atoms with Crippen LogP contribution in [0.15, 0.2) is 83.6 Å². The van der Waals surface area contributed by atoms with Gasteiger partial charge in [-0.2, -0.15) is 5.10 Å². The number of hydrogen-bond donors (Lipinski definition) is 0. The number of aromatic nitrogens is 4. The van der Waals surface area contributed by atoms with Crippen LogP contribution in [-0.2, 0) is 7.05 Å². The summed E-state index contributed by atoms with van der Waals surface area (Å²) in [6.07, 6.45) is 1.76. The molecule has 1 aromatic carbocycles. The maximum Gasteiger partial charge on any atom is 0.123 e. The molecule has 0 N–H and O–H groups in total. The third-order valence-electron chi connectivity index (χ3n) is 3.52.